The fraction of sp³-hybridized carbons (Fsp3) is 0.962. The van der Waals surface area contributed by atoms with Crippen LogP contribution in [0.4, 0.5) is 0 Å². The van der Waals surface area contributed by atoms with Gasteiger partial charge < -0.3 is 99.8 Å². The van der Waals surface area contributed by atoms with Crippen molar-refractivity contribution < 1.29 is 99.2 Å². The minimum atomic E-state index is -1.98. The lowest BCUT2D eigenvalue weighted by Crippen LogP contribution is -2.69. The fourth-order valence-corrected chi connectivity index (χ4v) is 6.28. The highest BCUT2D eigenvalue weighted by molar-refractivity contribution is 7.80. The first-order valence-corrected chi connectivity index (χ1v) is 15.6. The zero-order valence-electron chi connectivity index (χ0n) is 25.5. The van der Waals surface area contributed by atoms with Gasteiger partial charge in [0.05, 0.1) is 26.4 Å². The molecule has 0 aliphatic carbocycles. The highest BCUT2D eigenvalue weighted by Crippen LogP contribution is 2.34. The molecule has 0 aromatic carbocycles. The van der Waals surface area contributed by atoms with Crippen molar-refractivity contribution in [1.82, 2.24) is 5.32 Å². The van der Waals surface area contributed by atoms with E-state index in [-0.39, 0.29) is 0 Å². The van der Waals surface area contributed by atoms with E-state index < -0.39 is 154 Å². The van der Waals surface area contributed by atoms with Gasteiger partial charge in [0.2, 0.25) is 5.91 Å². The normalized spacial score (nSPS) is 50.2. The Morgan fingerprint density at radius 2 is 1.00 bits per heavy atom. The Bertz CT molecular complexity index is 1030. The highest BCUT2D eigenvalue weighted by atomic mass is 32.1. The van der Waals surface area contributed by atoms with Crippen molar-refractivity contribution in [3.8, 4) is 0 Å². The third kappa shape index (κ3) is 8.24. The Labute approximate surface area is 278 Å². The van der Waals surface area contributed by atoms with Gasteiger partial charge in [0, 0.05) is 6.92 Å². The molecule has 0 spiro atoms. The molecule has 4 aliphatic heterocycles. The number of aliphatic hydroxyl groups is 12. The molecule has 20 unspecified atom stereocenters. The van der Waals surface area contributed by atoms with E-state index in [2.05, 4.69) is 17.9 Å². The van der Waals surface area contributed by atoms with Gasteiger partial charge in [0.1, 0.15) is 103 Å². The van der Waals surface area contributed by atoms with Gasteiger partial charge in [-0.25, -0.2) is 0 Å². The summed E-state index contributed by atoms with van der Waals surface area (Å²) in [5, 5.41) is 127. The maximum Gasteiger partial charge on any atom is 0.217 e. The Hall–Kier alpha value is -0.940. The number of aliphatic hydroxyl groups excluding tert-OH is 12. The average Bonchev–Trinajstić information content (AvgIpc) is 3.06. The smallest absolute Gasteiger partial charge is 0.217 e. The summed E-state index contributed by atoms with van der Waals surface area (Å²) in [6.45, 7) is -2.20. The molecule has 13 N–H and O–H groups in total. The number of carbonyl (C=O) groups excluding carboxylic acids is 1. The Morgan fingerprint density at radius 1 is 0.542 bits per heavy atom. The van der Waals surface area contributed by atoms with Gasteiger partial charge >= 0.3 is 0 Å². The minimum absolute atomic E-state index is 0.721. The van der Waals surface area contributed by atoms with Crippen LogP contribution in [0.3, 0.4) is 0 Å². The van der Waals surface area contributed by atoms with E-state index in [9.17, 15) is 66.1 Å². The van der Waals surface area contributed by atoms with Gasteiger partial charge in [0.15, 0.2) is 18.9 Å². The summed E-state index contributed by atoms with van der Waals surface area (Å²) in [6, 6.07) is -1.59. The first kappa shape index (κ1) is 39.8. The largest absolute Gasteiger partial charge is 0.394 e. The summed E-state index contributed by atoms with van der Waals surface area (Å²) in [4.78, 5) is 12.2. The Kier molecular flexibility index (Phi) is 14.2. The molecular formula is C26H45NO20S. The average molecular weight is 724 g/mol. The lowest BCUT2D eigenvalue weighted by Gasteiger charge is -2.50. The number of thiol groups is 1. The summed E-state index contributed by atoms with van der Waals surface area (Å²) in [5.74, 6) is -0.741. The first-order chi connectivity index (χ1) is 22.7. The number of hydrogen-bond donors (Lipinski definition) is 14. The van der Waals surface area contributed by atoms with Crippen molar-refractivity contribution in [1.29, 1.82) is 0 Å². The van der Waals surface area contributed by atoms with E-state index in [1.54, 1.807) is 0 Å². The molecule has 0 bridgehead atoms. The topological polar surface area (TPSA) is 336 Å². The van der Waals surface area contributed by atoms with Crippen LogP contribution in [0, 0.1) is 0 Å². The quantitative estimate of drug-likeness (QED) is 0.0880. The summed E-state index contributed by atoms with van der Waals surface area (Å²) in [7, 11) is 0. The van der Waals surface area contributed by atoms with Crippen molar-refractivity contribution in [3.63, 3.8) is 0 Å². The SMILES string of the molecule is CC(=O)NC1C(OC2C(O)C(CO)OC(OC3C(CO)OC(S)C(O)C3O)C2O)OC(CO)C(OC2OC(CO)C(O)C(O)C2O)C1O. The van der Waals surface area contributed by atoms with E-state index >= 15 is 0 Å². The van der Waals surface area contributed by atoms with Gasteiger partial charge in [-0.3, -0.25) is 4.79 Å². The molecule has 0 aromatic heterocycles. The van der Waals surface area contributed by atoms with E-state index in [0.29, 0.717) is 0 Å². The number of nitrogens with one attached hydrogen (secondary N) is 1. The molecular weight excluding hydrogens is 678 g/mol. The van der Waals surface area contributed by atoms with Crippen molar-refractivity contribution in [3.05, 3.63) is 0 Å². The molecule has 0 saturated carbocycles. The molecule has 4 aliphatic rings. The van der Waals surface area contributed by atoms with E-state index in [1.165, 1.54) is 0 Å². The van der Waals surface area contributed by atoms with Gasteiger partial charge in [-0.2, -0.15) is 0 Å². The van der Waals surface area contributed by atoms with Gasteiger partial charge in [0.25, 0.3) is 0 Å². The highest BCUT2D eigenvalue weighted by Gasteiger charge is 2.55. The predicted molar refractivity (Wildman–Crippen MR) is 152 cm³/mol. The molecule has 1 amide bonds. The summed E-state index contributed by atoms with van der Waals surface area (Å²) >= 11 is 3.99. The van der Waals surface area contributed by atoms with Crippen molar-refractivity contribution in [2.75, 3.05) is 26.4 Å². The van der Waals surface area contributed by atoms with Crippen molar-refractivity contribution >= 4 is 18.5 Å². The van der Waals surface area contributed by atoms with Crippen LogP contribution in [-0.2, 0) is 38.0 Å². The Balaban J connectivity index is 1.56. The third-order valence-corrected chi connectivity index (χ3v) is 9.03. The lowest BCUT2D eigenvalue weighted by atomic mass is 9.94. The maximum absolute atomic E-state index is 12.2. The minimum Gasteiger partial charge on any atom is -0.394 e. The molecule has 20 atom stereocenters. The fourth-order valence-electron chi connectivity index (χ4n) is 5.95. The molecule has 4 rings (SSSR count). The third-order valence-electron chi connectivity index (χ3n) is 8.61. The molecule has 4 saturated heterocycles. The van der Waals surface area contributed by atoms with E-state index in [1.807, 2.05) is 0 Å². The number of carbonyl (C=O) groups is 1. The molecule has 0 radical (unpaired) electrons. The molecule has 280 valence electrons. The van der Waals surface area contributed by atoms with E-state index in [0.717, 1.165) is 6.92 Å². The molecule has 48 heavy (non-hydrogen) atoms. The second-order valence-electron chi connectivity index (χ2n) is 11.9. The molecule has 22 heteroatoms. The van der Waals surface area contributed by atoms with Crippen LogP contribution < -0.4 is 5.32 Å². The Morgan fingerprint density at radius 3 is 1.54 bits per heavy atom. The summed E-state index contributed by atoms with van der Waals surface area (Å²) in [6.07, 6.45) is -30.5. The van der Waals surface area contributed by atoms with Crippen LogP contribution in [0.15, 0.2) is 0 Å². The number of hydrogen-bond acceptors (Lipinski definition) is 21. The summed E-state index contributed by atoms with van der Waals surface area (Å²) < 4.78 is 39.0. The zero-order valence-corrected chi connectivity index (χ0v) is 26.3. The van der Waals surface area contributed by atoms with Gasteiger partial charge in [-0.1, -0.05) is 0 Å². The van der Waals surface area contributed by atoms with Crippen LogP contribution in [0.2, 0.25) is 0 Å². The van der Waals surface area contributed by atoms with Crippen LogP contribution >= 0.6 is 12.6 Å². The van der Waals surface area contributed by atoms with E-state index in [4.69, 9.17) is 33.2 Å². The number of rotatable bonds is 11. The predicted octanol–water partition coefficient (Wildman–Crippen LogP) is -8.67. The van der Waals surface area contributed by atoms with Crippen molar-refractivity contribution in [2.24, 2.45) is 0 Å². The maximum atomic E-state index is 12.2. The molecule has 0 aromatic rings. The van der Waals surface area contributed by atoms with Crippen molar-refractivity contribution in [2.45, 2.75) is 129 Å². The van der Waals surface area contributed by atoms with Crippen LogP contribution in [0.1, 0.15) is 6.92 Å². The van der Waals surface area contributed by atoms with Crippen LogP contribution in [0.25, 0.3) is 0 Å². The second-order valence-corrected chi connectivity index (χ2v) is 12.4. The number of ether oxygens (including phenoxy) is 7. The monoisotopic (exact) mass is 723 g/mol. The zero-order chi connectivity index (χ0) is 35.6. The molecule has 4 heterocycles. The molecule has 4 fully saturated rings. The summed E-state index contributed by atoms with van der Waals surface area (Å²) in [5.41, 5.74) is -1.20. The second kappa shape index (κ2) is 17.1. The number of amides is 1. The standard InChI is InChI=1S/C26H45NO20S/c1-6(32)27-11-14(35)20(45-24-17(38)15(36)12(33)7(2-28)41-24)9(4-30)43-23(11)47-22-13(34)8(3-29)42-25(19(22)40)46-21-10(5-31)44-26(48)18(39)16(21)37/h7-26,28-31,33-40,48H,2-5H2,1H3,(H,27,32). The van der Waals surface area contributed by atoms with Crippen LogP contribution in [0.5, 0.6) is 0 Å². The first-order valence-electron chi connectivity index (χ1n) is 15.1. The van der Waals surface area contributed by atoms with Gasteiger partial charge in [-0.15, -0.1) is 12.6 Å². The molecule has 21 nitrogen and oxygen atoms in total. The van der Waals surface area contributed by atoms with Gasteiger partial charge in [-0.05, 0) is 0 Å². The lowest BCUT2D eigenvalue weighted by molar-refractivity contribution is -0.375. The van der Waals surface area contributed by atoms with Crippen LogP contribution in [-0.4, -0.2) is 216 Å².